The summed E-state index contributed by atoms with van der Waals surface area (Å²) in [6.45, 7) is 3.75. The third-order valence-electron chi connectivity index (χ3n) is 5.02. The Bertz CT molecular complexity index is 1020. The lowest BCUT2D eigenvalue weighted by molar-refractivity contribution is -0.122. The van der Waals surface area contributed by atoms with E-state index in [9.17, 15) is 4.79 Å². The number of para-hydroxylation sites is 1. The lowest BCUT2D eigenvalue weighted by atomic mass is 10.1. The number of aromatic nitrogens is 2. The van der Waals surface area contributed by atoms with E-state index in [4.69, 9.17) is 16.3 Å². The number of carbonyl (C=O) groups excluding carboxylic acids is 1. The third-order valence-corrected chi connectivity index (χ3v) is 5.33. The van der Waals surface area contributed by atoms with Crippen LogP contribution >= 0.6 is 11.6 Å². The average molecular weight is 423 g/mol. The maximum atomic E-state index is 12.6. The SMILES string of the molecule is CC(Oc1ccccc1Cl)C(=O)Nc1cccc(-c2ccc(N3CCCC3)nn2)c1. The van der Waals surface area contributed by atoms with Crippen molar-refractivity contribution in [3.63, 3.8) is 0 Å². The standard InChI is InChI=1S/C23H23ClN4O2/c1-16(30-21-10-3-2-9-19(21)24)23(29)25-18-8-6-7-17(15-18)20-11-12-22(27-26-20)28-13-4-5-14-28/h2-3,6-12,15-16H,4-5,13-14H2,1H3,(H,25,29). The number of ether oxygens (including phenoxy) is 1. The molecule has 2 aromatic carbocycles. The molecule has 0 saturated carbocycles. The van der Waals surface area contributed by atoms with Gasteiger partial charge in [-0.1, -0.05) is 35.9 Å². The lowest BCUT2D eigenvalue weighted by Crippen LogP contribution is -2.30. The Labute approximate surface area is 180 Å². The highest BCUT2D eigenvalue weighted by Crippen LogP contribution is 2.26. The van der Waals surface area contributed by atoms with Crippen molar-refractivity contribution in [2.24, 2.45) is 0 Å². The maximum Gasteiger partial charge on any atom is 0.265 e. The summed E-state index contributed by atoms with van der Waals surface area (Å²) < 4.78 is 5.68. The number of benzene rings is 2. The van der Waals surface area contributed by atoms with E-state index in [1.165, 1.54) is 12.8 Å². The normalized spacial score (nSPS) is 14.4. The van der Waals surface area contributed by atoms with Gasteiger partial charge in [0.1, 0.15) is 5.75 Å². The van der Waals surface area contributed by atoms with Crippen molar-refractivity contribution in [3.8, 4) is 17.0 Å². The largest absolute Gasteiger partial charge is 0.479 e. The highest BCUT2D eigenvalue weighted by atomic mass is 35.5. The molecule has 0 radical (unpaired) electrons. The number of nitrogens with zero attached hydrogens (tertiary/aromatic N) is 3. The molecule has 1 aliphatic heterocycles. The number of carbonyl (C=O) groups is 1. The van der Waals surface area contributed by atoms with Gasteiger partial charge in [-0.05, 0) is 56.2 Å². The zero-order valence-electron chi connectivity index (χ0n) is 16.7. The van der Waals surface area contributed by atoms with Gasteiger partial charge < -0.3 is 15.0 Å². The summed E-state index contributed by atoms with van der Waals surface area (Å²) in [5.74, 6) is 1.12. The van der Waals surface area contributed by atoms with Crippen LogP contribution in [0.4, 0.5) is 11.5 Å². The first-order chi connectivity index (χ1) is 14.6. The summed E-state index contributed by atoms with van der Waals surface area (Å²) in [5, 5.41) is 12.1. The predicted octanol–water partition coefficient (Wildman–Crippen LogP) is 4.80. The van der Waals surface area contributed by atoms with Crippen molar-refractivity contribution in [2.45, 2.75) is 25.9 Å². The Morgan fingerprint density at radius 1 is 1.07 bits per heavy atom. The zero-order valence-corrected chi connectivity index (χ0v) is 17.5. The van der Waals surface area contributed by atoms with Crippen molar-refractivity contribution >= 4 is 29.0 Å². The number of nitrogens with one attached hydrogen (secondary N) is 1. The van der Waals surface area contributed by atoms with Crippen molar-refractivity contribution < 1.29 is 9.53 Å². The van der Waals surface area contributed by atoms with Crippen LogP contribution in [-0.2, 0) is 4.79 Å². The van der Waals surface area contributed by atoms with E-state index >= 15 is 0 Å². The van der Waals surface area contributed by atoms with Gasteiger partial charge in [0.05, 0.1) is 10.7 Å². The van der Waals surface area contributed by atoms with Gasteiger partial charge in [0, 0.05) is 24.3 Å². The molecular weight excluding hydrogens is 400 g/mol. The third kappa shape index (κ3) is 4.71. The molecule has 154 valence electrons. The molecule has 1 aliphatic rings. The highest BCUT2D eigenvalue weighted by Gasteiger charge is 2.17. The Morgan fingerprint density at radius 2 is 1.87 bits per heavy atom. The summed E-state index contributed by atoms with van der Waals surface area (Å²) in [5.41, 5.74) is 2.31. The van der Waals surface area contributed by atoms with Gasteiger partial charge in [-0.3, -0.25) is 4.79 Å². The minimum atomic E-state index is -0.701. The smallest absolute Gasteiger partial charge is 0.265 e. The number of anilines is 2. The topological polar surface area (TPSA) is 67.3 Å². The second-order valence-corrected chi connectivity index (χ2v) is 7.64. The molecule has 3 aromatic rings. The van der Waals surface area contributed by atoms with Crippen LogP contribution in [0.1, 0.15) is 19.8 Å². The zero-order chi connectivity index (χ0) is 20.9. The van der Waals surface area contributed by atoms with E-state index in [0.29, 0.717) is 16.5 Å². The molecule has 30 heavy (non-hydrogen) atoms. The number of rotatable bonds is 6. The van der Waals surface area contributed by atoms with Gasteiger partial charge in [-0.2, -0.15) is 0 Å². The van der Waals surface area contributed by atoms with Crippen LogP contribution in [0.15, 0.2) is 60.7 Å². The van der Waals surface area contributed by atoms with E-state index in [2.05, 4.69) is 20.4 Å². The van der Waals surface area contributed by atoms with Gasteiger partial charge in [-0.25, -0.2) is 0 Å². The van der Waals surface area contributed by atoms with Crippen LogP contribution in [0.25, 0.3) is 11.3 Å². The van der Waals surface area contributed by atoms with Crippen LogP contribution in [0, 0.1) is 0 Å². The molecule has 6 nitrogen and oxygen atoms in total. The van der Waals surface area contributed by atoms with E-state index < -0.39 is 6.10 Å². The van der Waals surface area contributed by atoms with Crippen LogP contribution in [-0.4, -0.2) is 35.3 Å². The molecule has 1 saturated heterocycles. The molecule has 0 aliphatic carbocycles. The molecule has 1 aromatic heterocycles. The molecule has 1 fully saturated rings. The quantitative estimate of drug-likeness (QED) is 0.617. The molecule has 2 heterocycles. The number of amides is 1. The molecule has 1 N–H and O–H groups in total. The van der Waals surface area contributed by atoms with Gasteiger partial charge in [0.15, 0.2) is 11.9 Å². The summed E-state index contributed by atoms with van der Waals surface area (Å²) in [7, 11) is 0. The van der Waals surface area contributed by atoms with Gasteiger partial charge in [-0.15, -0.1) is 10.2 Å². The lowest BCUT2D eigenvalue weighted by Gasteiger charge is -2.16. The van der Waals surface area contributed by atoms with Crippen LogP contribution < -0.4 is 15.0 Å². The fraction of sp³-hybridized carbons (Fsp3) is 0.261. The van der Waals surface area contributed by atoms with Gasteiger partial charge in [0.25, 0.3) is 5.91 Å². The molecule has 1 atom stereocenters. The van der Waals surface area contributed by atoms with Gasteiger partial charge >= 0.3 is 0 Å². The predicted molar refractivity (Wildman–Crippen MR) is 119 cm³/mol. The van der Waals surface area contributed by atoms with E-state index in [1.54, 1.807) is 19.1 Å². The summed E-state index contributed by atoms with van der Waals surface area (Å²) in [6.07, 6.45) is 1.70. The Morgan fingerprint density at radius 3 is 2.60 bits per heavy atom. The molecule has 7 heteroatoms. The first-order valence-corrected chi connectivity index (χ1v) is 10.4. The minimum Gasteiger partial charge on any atom is -0.479 e. The minimum absolute atomic E-state index is 0.262. The highest BCUT2D eigenvalue weighted by molar-refractivity contribution is 6.32. The van der Waals surface area contributed by atoms with Crippen molar-refractivity contribution in [1.82, 2.24) is 10.2 Å². The average Bonchev–Trinajstić information content (AvgIpc) is 3.30. The van der Waals surface area contributed by atoms with E-state index in [-0.39, 0.29) is 5.91 Å². The van der Waals surface area contributed by atoms with E-state index in [1.807, 2.05) is 48.5 Å². The Balaban J connectivity index is 1.42. The van der Waals surface area contributed by atoms with Gasteiger partial charge in [0.2, 0.25) is 0 Å². The Kier molecular flexibility index (Phi) is 6.14. The van der Waals surface area contributed by atoms with Crippen molar-refractivity contribution in [1.29, 1.82) is 0 Å². The molecule has 0 spiro atoms. The summed E-state index contributed by atoms with van der Waals surface area (Å²) >= 11 is 6.10. The van der Waals surface area contributed by atoms with Crippen LogP contribution in [0.5, 0.6) is 5.75 Å². The fourth-order valence-electron chi connectivity index (χ4n) is 3.38. The summed E-state index contributed by atoms with van der Waals surface area (Å²) in [6, 6.07) is 18.6. The molecule has 1 unspecified atom stereocenters. The number of hydrogen-bond donors (Lipinski definition) is 1. The van der Waals surface area contributed by atoms with Crippen molar-refractivity contribution in [2.75, 3.05) is 23.3 Å². The maximum absolute atomic E-state index is 12.6. The Hall–Kier alpha value is -3.12. The monoisotopic (exact) mass is 422 g/mol. The number of halogens is 1. The molecule has 4 rings (SSSR count). The second-order valence-electron chi connectivity index (χ2n) is 7.23. The first-order valence-electron chi connectivity index (χ1n) is 10.0. The molecular formula is C23H23ClN4O2. The van der Waals surface area contributed by atoms with Crippen LogP contribution in [0.2, 0.25) is 5.02 Å². The second kappa shape index (κ2) is 9.13. The number of hydrogen-bond acceptors (Lipinski definition) is 5. The molecule has 0 bridgehead atoms. The van der Waals surface area contributed by atoms with Crippen molar-refractivity contribution in [3.05, 3.63) is 65.7 Å². The fourth-order valence-corrected chi connectivity index (χ4v) is 3.56. The first kappa shape index (κ1) is 20.2. The van der Waals surface area contributed by atoms with Crippen LogP contribution in [0.3, 0.4) is 0 Å². The molecule has 1 amide bonds. The summed E-state index contributed by atoms with van der Waals surface area (Å²) in [4.78, 5) is 14.8. The van der Waals surface area contributed by atoms with E-state index in [0.717, 1.165) is 30.2 Å².